The number of rotatable bonds is 1. The summed E-state index contributed by atoms with van der Waals surface area (Å²) in [4.78, 5) is 24.2. The molecule has 0 aliphatic rings. The van der Waals surface area contributed by atoms with Gasteiger partial charge in [-0.15, -0.1) is 0 Å². The lowest BCUT2D eigenvalue weighted by molar-refractivity contribution is 0.0698. The molecule has 6 heteroatoms. The Morgan fingerprint density at radius 3 is 3.00 bits per heavy atom. The maximum atomic E-state index is 11.0. The summed E-state index contributed by atoms with van der Waals surface area (Å²) < 4.78 is 1.33. The molecule has 2 N–H and O–H groups in total. The van der Waals surface area contributed by atoms with Crippen LogP contribution in [0, 0.1) is 6.92 Å². The largest absolute Gasteiger partial charge is 0.477 e. The highest BCUT2D eigenvalue weighted by molar-refractivity contribution is 5.95. The van der Waals surface area contributed by atoms with E-state index in [-0.39, 0.29) is 16.8 Å². The van der Waals surface area contributed by atoms with Gasteiger partial charge in [0.05, 0.1) is 5.69 Å². The van der Waals surface area contributed by atoms with Gasteiger partial charge in [0.25, 0.3) is 5.56 Å². The predicted octanol–water partition coefficient (Wildman–Crippen LogP) is 0.0292. The van der Waals surface area contributed by atoms with E-state index in [9.17, 15) is 9.59 Å². The molecule has 0 amide bonds. The number of aromatic amines is 1. The van der Waals surface area contributed by atoms with Gasteiger partial charge in [-0.05, 0) is 6.92 Å². The van der Waals surface area contributed by atoms with E-state index in [1.54, 1.807) is 6.92 Å². The van der Waals surface area contributed by atoms with E-state index in [4.69, 9.17) is 5.11 Å². The maximum absolute atomic E-state index is 11.0. The Labute approximate surface area is 77.8 Å². The summed E-state index contributed by atoms with van der Waals surface area (Å²) in [6, 6.07) is 1.28. The van der Waals surface area contributed by atoms with Crippen molar-refractivity contribution in [3.8, 4) is 0 Å². The summed E-state index contributed by atoms with van der Waals surface area (Å²) in [6.07, 6.45) is 1.42. The fourth-order valence-corrected chi connectivity index (χ4v) is 1.33. The van der Waals surface area contributed by atoms with Crippen LogP contribution in [0.4, 0.5) is 0 Å². The van der Waals surface area contributed by atoms with E-state index < -0.39 is 5.97 Å². The number of nitrogens with one attached hydrogen (secondary N) is 1. The molecule has 0 fully saturated rings. The highest BCUT2D eigenvalue weighted by Crippen LogP contribution is 2.10. The number of carboxylic acids is 1. The molecule has 2 aromatic rings. The molecule has 0 aliphatic carbocycles. The van der Waals surface area contributed by atoms with Gasteiger partial charge in [-0.1, -0.05) is 0 Å². The number of nitrogens with zero attached hydrogens (tertiary/aromatic N) is 2. The number of fused-ring (bicyclic) bond motifs is 1. The van der Waals surface area contributed by atoms with Crippen LogP contribution in [0.25, 0.3) is 5.65 Å². The van der Waals surface area contributed by atoms with Gasteiger partial charge in [-0.25, -0.2) is 9.31 Å². The fraction of sp³-hybridized carbons (Fsp3) is 0.125. The molecule has 0 radical (unpaired) electrons. The number of aromatic nitrogens is 3. The average Bonchev–Trinajstić information content (AvgIpc) is 2.40. The van der Waals surface area contributed by atoms with Crippen molar-refractivity contribution in [3.63, 3.8) is 0 Å². The summed E-state index contributed by atoms with van der Waals surface area (Å²) in [5, 5.41) is 12.8. The number of aryl methyl sites for hydroxylation is 1. The zero-order chi connectivity index (χ0) is 10.3. The summed E-state index contributed by atoms with van der Waals surface area (Å²) in [5.74, 6) is -1.10. The van der Waals surface area contributed by atoms with E-state index in [0.717, 1.165) is 0 Å². The van der Waals surface area contributed by atoms with E-state index in [0.29, 0.717) is 5.69 Å². The van der Waals surface area contributed by atoms with Crippen molar-refractivity contribution in [2.45, 2.75) is 6.92 Å². The van der Waals surface area contributed by atoms with Crippen LogP contribution < -0.4 is 5.56 Å². The Kier molecular flexibility index (Phi) is 1.63. The molecule has 6 nitrogen and oxygen atoms in total. The quantitative estimate of drug-likeness (QED) is 0.668. The van der Waals surface area contributed by atoms with Gasteiger partial charge < -0.3 is 10.1 Å². The standard InChI is InChI=1S/C8H7N3O3/c1-4-6(8(13)14)7-9-5(12)2-3-11(7)10-4/h2-3H,1H3,(H,9,12)(H,13,14). The second kappa shape index (κ2) is 2.69. The van der Waals surface area contributed by atoms with Crippen molar-refractivity contribution in [2.24, 2.45) is 0 Å². The number of hydrogen-bond donors (Lipinski definition) is 2. The van der Waals surface area contributed by atoms with Gasteiger partial charge in [0.15, 0.2) is 5.65 Å². The molecule has 0 saturated carbocycles. The van der Waals surface area contributed by atoms with Crippen molar-refractivity contribution in [3.05, 3.63) is 33.9 Å². The lowest BCUT2D eigenvalue weighted by atomic mass is 10.2. The molecule has 0 unspecified atom stereocenters. The molecule has 2 heterocycles. The minimum absolute atomic E-state index is 0.0303. The third-order valence-corrected chi connectivity index (χ3v) is 1.91. The first kappa shape index (κ1) is 8.49. The topological polar surface area (TPSA) is 87.5 Å². The number of hydrogen-bond acceptors (Lipinski definition) is 3. The predicted molar refractivity (Wildman–Crippen MR) is 47.5 cm³/mol. The van der Waals surface area contributed by atoms with E-state index in [1.807, 2.05) is 0 Å². The first-order valence-electron chi connectivity index (χ1n) is 3.91. The van der Waals surface area contributed by atoms with E-state index in [2.05, 4.69) is 10.1 Å². The number of carbonyl (C=O) groups is 1. The Morgan fingerprint density at radius 1 is 1.64 bits per heavy atom. The van der Waals surface area contributed by atoms with Gasteiger partial charge in [-0.3, -0.25) is 4.79 Å². The SMILES string of the molecule is Cc1nn2ccc(=O)[nH]c2c1C(=O)O. The third kappa shape index (κ3) is 1.08. The average molecular weight is 193 g/mol. The smallest absolute Gasteiger partial charge is 0.341 e. The second-order valence-electron chi connectivity index (χ2n) is 2.86. The van der Waals surface area contributed by atoms with Gasteiger partial charge in [0.1, 0.15) is 5.56 Å². The molecule has 0 spiro atoms. The molecule has 0 saturated heterocycles. The highest BCUT2D eigenvalue weighted by Gasteiger charge is 2.16. The minimum Gasteiger partial charge on any atom is -0.477 e. The molecule has 0 bridgehead atoms. The summed E-state index contributed by atoms with van der Waals surface area (Å²) in [7, 11) is 0. The lowest BCUT2D eigenvalue weighted by Gasteiger charge is -1.92. The molecule has 0 aliphatic heterocycles. The first-order chi connectivity index (χ1) is 6.59. The van der Waals surface area contributed by atoms with Crippen LogP contribution in [-0.2, 0) is 0 Å². The second-order valence-corrected chi connectivity index (χ2v) is 2.86. The molecule has 0 atom stereocenters. The van der Waals surface area contributed by atoms with Crippen LogP contribution in [0.3, 0.4) is 0 Å². The molecular weight excluding hydrogens is 186 g/mol. The van der Waals surface area contributed by atoms with Gasteiger partial charge in [-0.2, -0.15) is 5.10 Å². The Balaban J connectivity index is 2.93. The Morgan fingerprint density at radius 2 is 2.36 bits per heavy atom. The van der Waals surface area contributed by atoms with Crippen molar-refractivity contribution in [1.29, 1.82) is 0 Å². The first-order valence-corrected chi connectivity index (χ1v) is 3.91. The molecule has 2 rings (SSSR count). The van der Waals surface area contributed by atoms with Crippen LogP contribution in [0.2, 0.25) is 0 Å². The van der Waals surface area contributed by atoms with Gasteiger partial charge in [0.2, 0.25) is 0 Å². The number of carboxylic acid groups (broad SMARTS) is 1. The summed E-state index contributed by atoms with van der Waals surface area (Å²) in [5.41, 5.74) is 0.268. The van der Waals surface area contributed by atoms with Crippen molar-refractivity contribution < 1.29 is 9.90 Å². The Hall–Kier alpha value is -2.11. The van der Waals surface area contributed by atoms with Crippen LogP contribution in [0.15, 0.2) is 17.1 Å². The highest BCUT2D eigenvalue weighted by atomic mass is 16.4. The number of aromatic carboxylic acids is 1. The molecule has 2 aromatic heterocycles. The lowest BCUT2D eigenvalue weighted by Crippen LogP contribution is -2.08. The van der Waals surface area contributed by atoms with Crippen LogP contribution >= 0.6 is 0 Å². The Bertz CT molecular complexity index is 567. The van der Waals surface area contributed by atoms with Crippen LogP contribution in [-0.4, -0.2) is 25.7 Å². The number of H-pyrrole nitrogens is 1. The van der Waals surface area contributed by atoms with Crippen molar-refractivity contribution >= 4 is 11.6 Å². The zero-order valence-corrected chi connectivity index (χ0v) is 7.31. The van der Waals surface area contributed by atoms with Gasteiger partial charge >= 0.3 is 5.97 Å². The van der Waals surface area contributed by atoms with Crippen LogP contribution in [0.1, 0.15) is 16.1 Å². The van der Waals surface area contributed by atoms with Gasteiger partial charge in [0, 0.05) is 12.3 Å². The zero-order valence-electron chi connectivity index (χ0n) is 7.31. The third-order valence-electron chi connectivity index (χ3n) is 1.91. The normalized spacial score (nSPS) is 10.6. The molecule has 14 heavy (non-hydrogen) atoms. The maximum Gasteiger partial charge on any atom is 0.341 e. The fourth-order valence-electron chi connectivity index (χ4n) is 1.33. The summed E-state index contributed by atoms with van der Waals surface area (Å²) >= 11 is 0. The van der Waals surface area contributed by atoms with Crippen molar-refractivity contribution in [1.82, 2.24) is 14.6 Å². The van der Waals surface area contributed by atoms with Crippen LogP contribution in [0.5, 0.6) is 0 Å². The van der Waals surface area contributed by atoms with E-state index >= 15 is 0 Å². The van der Waals surface area contributed by atoms with Crippen molar-refractivity contribution in [2.75, 3.05) is 0 Å². The monoisotopic (exact) mass is 193 g/mol. The molecule has 0 aromatic carbocycles. The molecule has 72 valence electrons. The van der Waals surface area contributed by atoms with E-state index in [1.165, 1.54) is 16.8 Å². The summed E-state index contributed by atoms with van der Waals surface area (Å²) in [6.45, 7) is 1.58. The minimum atomic E-state index is -1.10. The molecular formula is C8H7N3O3.